The van der Waals surface area contributed by atoms with Crippen LogP contribution in [0.1, 0.15) is 50.8 Å². The van der Waals surface area contributed by atoms with E-state index in [1.165, 1.54) is 27.5 Å². The van der Waals surface area contributed by atoms with Crippen molar-refractivity contribution in [1.82, 2.24) is 0 Å². The van der Waals surface area contributed by atoms with Gasteiger partial charge < -0.3 is 9.84 Å². The van der Waals surface area contributed by atoms with Crippen LogP contribution in [0.15, 0.2) is 82.6 Å². The van der Waals surface area contributed by atoms with Crippen LogP contribution in [0.25, 0.3) is 0 Å². The zero-order valence-corrected chi connectivity index (χ0v) is 20.7. The number of aliphatic hydroxyl groups excluding tert-OH is 1. The molecule has 0 amide bonds. The minimum Gasteiger partial charge on any atom is -0.497 e. The summed E-state index contributed by atoms with van der Waals surface area (Å²) in [6, 6.07) is 17.2. The zero-order chi connectivity index (χ0) is 22.6. The van der Waals surface area contributed by atoms with Gasteiger partial charge in [-0.2, -0.15) is 0 Å². The van der Waals surface area contributed by atoms with Gasteiger partial charge >= 0.3 is 0 Å². The number of hydrogen-bond acceptors (Lipinski definition) is 2. The molecule has 0 saturated heterocycles. The number of benzene rings is 2. The van der Waals surface area contributed by atoms with Crippen molar-refractivity contribution in [3.63, 3.8) is 0 Å². The highest BCUT2D eigenvalue weighted by Crippen LogP contribution is 2.55. The number of fused-ring (bicyclic) bond motifs is 3. The third-order valence-electron chi connectivity index (χ3n) is 7.61. The van der Waals surface area contributed by atoms with Crippen LogP contribution < -0.4 is 9.92 Å². The molecule has 4 rings (SSSR count). The van der Waals surface area contributed by atoms with Crippen molar-refractivity contribution in [1.29, 1.82) is 0 Å². The van der Waals surface area contributed by atoms with Gasteiger partial charge in [-0.05, 0) is 61.1 Å². The van der Waals surface area contributed by atoms with Crippen LogP contribution in [0.4, 0.5) is 0 Å². The van der Waals surface area contributed by atoms with E-state index >= 15 is 0 Å². The molecule has 0 heterocycles. The van der Waals surface area contributed by atoms with Crippen LogP contribution in [0.2, 0.25) is 13.1 Å². The maximum absolute atomic E-state index is 11.1. The fourth-order valence-corrected chi connectivity index (χ4v) is 9.06. The largest absolute Gasteiger partial charge is 0.497 e. The average molecular weight is 431 g/mol. The standard InChI is InChI=1S/C28H34O2Si/c1-18(2)27-19(3)24-16-25(29)22-15-20(30-5)13-14-23(22)28(24,4)17-26(27)31(6,7)21-11-9-8-10-12-21/h8-15,25,29H,1,16-17H2,2-7H3/t25-,28-/m1/s1. The van der Waals surface area contributed by atoms with Gasteiger partial charge in [0.05, 0.1) is 13.2 Å². The third-order valence-corrected chi connectivity index (χ3v) is 11.3. The molecule has 0 fully saturated rings. The van der Waals surface area contributed by atoms with Crippen molar-refractivity contribution >= 4 is 13.3 Å². The van der Waals surface area contributed by atoms with Crippen molar-refractivity contribution in [3.05, 3.63) is 93.7 Å². The molecular formula is C28H34O2Si. The second kappa shape index (κ2) is 7.65. The molecule has 0 spiro atoms. The second-order valence-electron chi connectivity index (χ2n) is 9.91. The SMILES string of the molecule is C=C(C)C1=C([Si](C)(C)c2ccccc2)C[C@@]2(C)C(=C1C)C[C@@H](O)c1cc(OC)ccc12. The maximum atomic E-state index is 11.1. The van der Waals surface area contributed by atoms with Gasteiger partial charge in [0.1, 0.15) is 13.8 Å². The van der Waals surface area contributed by atoms with Crippen molar-refractivity contribution in [2.75, 3.05) is 7.11 Å². The molecule has 0 aromatic heterocycles. The second-order valence-corrected chi connectivity index (χ2v) is 14.3. The number of aliphatic hydroxyl groups is 1. The molecule has 0 radical (unpaired) electrons. The molecule has 31 heavy (non-hydrogen) atoms. The highest BCUT2D eigenvalue weighted by atomic mass is 28.3. The number of ether oxygens (including phenoxy) is 1. The van der Waals surface area contributed by atoms with Crippen LogP contribution in [0.5, 0.6) is 5.75 Å². The van der Waals surface area contributed by atoms with Crippen LogP contribution in [-0.4, -0.2) is 20.3 Å². The van der Waals surface area contributed by atoms with Gasteiger partial charge in [0.2, 0.25) is 0 Å². The van der Waals surface area contributed by atoms with E-state index in [-0.39, 0.29) is 5.41 Å². The Morgan fingerprint density at radius 2 is 1.84 bits per heavy atom. The molecule has 0 unspecified atom stereocenters. The van der Waals surface area contributed by atoms with Crippen LogP contribution in [0.3, 0.4) is 0 Å². The van der Waals surface area contributed by atoms with Crippen LogP contribution in [-0.2, 0) is 5.41 Å². The highest BCUT2D eigenvalue weighted by molar-refractivity contribution is 6.95. The van der Waals surface area contributed by atoms with Crippen molar-refractivity contribution in [2.45, 2.75) is 58.2 Å². The quantitative estimate of drug-likeness (QED) is 0.591. The summed E-state index contributed by atoms with van der Waals surface area (Å²) in [4.78, 5) is 0. The Labute approximate surface area is 188 Å². The maximum Gasteiger partial charge on any atom is 0.119 e. The Morgan fingerprint density at radius 3 is 2.45 bits per heavy atom. The van der Waals surface area contributed by atoms with Gasteiger partial charge in [-0.15, -0.1) is 0 Å². The minimum atomic E-state index is -1.93. The summed E-state index contributed by atoms with van der Waals surface area (Å²) in [5.41, 5.74) is 7.27. The molecule has 0 aliphatic heterocycles. The van der Waals surface area contributed by atoms with E-state index in [2.05, 4.69) is 76.8 Å². The van der Waals surface area contributed by atoms with Gasteiger partial charge in [-0.25, -0.2) is 0 Å². The van der Waals surface area contributed by atoms with E-state index in [9.17, 15) is 5.11 Å². The predicted molar refractivity (Wildman–Crippen MR) is 133 cm³/mol. The average Bonchev–Trinajstić information content (AvgIpc) is 2.75. The molecule has 0 saturated carbocycles. The van der Waals surface area contributed by atoms with Crippen molar-refractivity contribution < 1.29 is 9.84 Å². The third kappa shape index (κ3) is 3.35. The Kier molecular flexibility index (Phi) is 5.39. The number of methoxy groups -OCH3 is 1. The van der Waals surface area contributed by atoms with E-state index in [1.54, 1.807) is 12.3 Å². The van der Waals surface area contributed by atoms with Gasteiger partial charge in [-0.1, -0.05) is 84.5 Å². The van der Waals surface area contributed by atoms with Crippen LogP contribution >= 0.6 is 0 Å². The minimum absolute atomic E-state index is 0.127. The lowest BCUT2D eigenvalue weighted by atomic mass is 9.61. The lowest BCUT2D eigenvalue weighted by Gasteiger charge is -2.48. The Hall–Kier alpha value is -2.36. The van der Waals surface area contributed by atoms with E-state index < -0.39 is 14.2 Å². The topological polar surface area (TPSA) is 29.5 Å². The first-order chi connectivity index (χ1) is 14.6. The smallest absolute Gasteiger partial charge is 0.119 e. The summed E-state index contributed by atoms with van der Waals surface area (Å²) < 4.78 is 5.46. The van der Waals surface area contributed by atoms with Gasteiger partial charge in [0.15, 0.2) is 0 Å². The fourth-order valence-electron chi connectivity index (χ4n) is 5.87. The van der Waals surface area contributed by atoms with Crippen LogP contribution in [0, 0.1) is 0 Å². The summed E-state index contributed by atoms with van der Waals surface area (Å²) in [7, 11) is -0.245. The lowest BCUT2D eigenvalue weighted by Crippen LogP contribution is -2.49. The van der Waals surface area contributed by atoms with Gasteiger partial charge in [-0.3, -0.25) is 0 Å². The molecule has 0 bridgehead atoms. The van der Waals surface area contributed by atoms with Gasteiger partial charge in [0, 0.05) is 5.41 Å². The normalized spacial score (nSPS) is 23.4. The summed E-state index contributed by atoms with van der Waals surface area (Å²) in [6.45, 7) is 16.1. The lowest BCUT2D eigenvalue weighted by molar-refractivity contribution is 0.160. The molecule has 2 aliphatic rings. The predicted octanol–water partition coefficient (Wildman–Crippen LogP) is 6.14. The fraction of sp³-hybridized carbons (Fsp3) is 0.357. The molecule has 1 N–H and O–H groups in total. The summed E-state index contributed by atoms with van der Waals surface area (Å²) in [6.07, 6.45) is 1.14. The van der Waals surface area contributed by atoms with E-state index in [0.717, 1.165) is 23.3 Å². The van der Waals surface area contributed by atoms with E-state index in [1.807, 2.05) is 12.1 Å². The molecule has 2 aliphatic carbocycles. The molecule has 3 heteroatoms. The number of rotatable bonds is 4. The van der Waals surface area contributed by atoms with Crippen molar-refractivity contribution in [3.8, 4) is 5.75 Å². The first-order valence-electron chi connectivity index (χ1n) is 11.1. The summed E-state index contributed by atoms with van der Waals surface area (Å²) in [5, 5.41) is 14.1. The Morgan fingerprint density at radius 1 is 1.16 bits per heavy atom. The monoisotopic (exact) mass is 430 g/mol. The molecular weight excluding hydrogens is 396 g/mol. The van der Waals surface area contributed by atoms with Crippen molar-refractivity contribution in [2.24, 2.45) is 0 Å². The zero-order valence-electron chi connectivity index (χ0n) is 19.7. The molecule has 2 atom stereocenters. The summed E-state index contributed by atoms with van der Waals surface area (Å²) >= 11 is 0. The van der Waals surface area contributed by atoms with Gasteiger partial charge in [0.25, 0.3) is 0 Å². The Balaban J connectivity index is 1.97. The Bertz CT molecular complexity index is 1110. The number of hydrogen-bond donors (Lipinski definition) is 1. The highest BCUT2D eigenvalue weighted by Gasteiger charge is 2.47. The molecule has 2 nitrogen and oxygen atoms in total. The number of allylic oxidation sites excluding steroid dienone is 4. The first-order valence-corrected chi connectivity index (χ1v) is 14.1. The molecule has 162 valence electrons. The van der Waals surface area contributed by atoms with E-state index in [4.69, 9.17) is 4.74 Å². The first kappa shape index (κ1) is 21.9. The summed E-state index contributed by atoms with van der Waals surface area (Å²) in [5.74, 6) is 0.804. The molecule has 2 aromatic rings. The molecule has 2 aromatic carbocycles. The van der Waals surface area contributed by atoms with E-state index in [0.29, 0.717) is 6.42 Å².